The zero-order chi connectivity index (χ0) is 13.7. The van der Waals surface area contributed by atoms with Gasteiger partial charge in [-0.3, -0.25) is 9.59 Å². The zero-order valence-corrected chi connectivity index (χ0v) is 12.5. The highest BCUT2D eigenvalue weighted by Gasteiger charge is 2.42. The van der Waals surface area contributed by atoms with Gasteiger partial charge in [0, 0.05) is 0 Å². The summed E-state index contributed by atoms with van der Waals surface area (Å²) >= 11 is 0. The van der Waals surface area contributed by atoms with Crippen LogP contribution in [-0.2, 0) is 19.1 Å². The van der Waals surface area contributed by atoms with E-state index in [1.165, 1.54) is 14.2 Å². The molecule has 5 heteroatoms. The molecule has 4 nitrogen and oxygen atoms in total. The predicted octanol–water partition coefficient (Wildman–Crippen LogP) is 2.16. The molecule has 0 amide bonds. The number of carbonyl (C=O) groups is 2. The van der Waals surface area contributed by atoms with Crippen molar-refractivity contribution < 1.29 is 19.1 Å². The molecule has 0 saturated heterocycles. The Balaban J connectivity index is 4.91. The normalized spacial score (nSPS) is 12.6. The smallest absolute Gasteiger partial charge is 0.323 e. The van der Waals surface area contributed by atoms with Crippen LogP contribution in [0.2, 0.25) is 19.6 Å². The van der Waals surface area contributed by atoms with Crippen LogP contribution in [0.5, 0.6) is 0 Å². The Morgan fingerprint density at radius 3 is 1.82 bits per heavy atom. The minimum Gasteiger partial charge on any atom is -0.468 e. The lowest BCUT2D eigenvalue weighted by Gasteiger charge is -2.22. The Kier molecular flexibility index (Phi) is 5.61. The van der Waals surface area contributed by atoms with E-state index < -0.39 is 25.4 Å². The fraction of sp³-hybridized carbons (Fsp3) is 0.667. The Bertz CT molecular complexity index is 299. The van der Waals surface area contributed by atoms with E-state index in [1.807, 2.05) is 6.08 Å². The predicted molar refractivity (Wildman–Crippen MR) is 69.2 cm³/mol. The highest BCUT2D eigenvalue weighted by atomic mass is 28.3. The first-order chi connectivity index (χ1) is 7.67. The molecule has 0 unspecified atom stereocenters. The van der Waals surface area contributed by atoms with E-state index >= 15 is 0 Å². The van der Waals surface area contributed by atoms with Crippen LogP contribution in [0.4, 0.5) is 0 Å². The summed E-state index contributed by atoms with van der Waals surface area (Å²) in [7, 11) is 1.21. The first-order valence-corrected chi connectivity index (χ1v) is 9.09. The van der Waals surface area contributed by atoms with Gasteiger partial charge in [-0.25, -0.2) is 0 Å². The van der Waals surface area contributed by atoms with Crippen LogP contribution in [0, 0.1) is 5.41 Å². The van der Waals surface area contributed by atoms with E-state index in [0.717, 1.165) is 0 Å². The third-order valence-corrected chi connectivity index (χ3v) is 3.65. The highest BCUT2D eigenvalue weighted by molar-refractivity contribution is 6.80. The summed E-state index contributed by atoms with van der Waals surface area (Å²) in [5.41, 5.74) is 0.844. The lowest BCUT2D eigenvalue weighted by molar-refractivity contribution is -0.167. The molecule has 0 N–H and O–H groups in total. The van der Waals surface area contributed by atoms with E-state index in [1.54, 1.807) is 6.92 Å². The number of ether oxygens (including phenoxy) is 2. The molecule has 17 heavy (non-hydrogen) atoms. The molecule has 0 aromatic heterocycles. The highest BCUT2D eigenvalue weighted by Crippen LogP contribution is 2.26. The molecule has 0 aromatic carbocycles. The van der Waals surface area contributed by atoms with Crippen molar-refractivity contribution in [2.75, 3.05) is 14.2 Å². The van der Waals surface area contributed by atoms with Gasteiger partial charge in [-0.1, -0.05) is 31.4 Å². The van der Waals surface area contributed by atoms with Gasteiger partial charge in [-0.2, -0.15) is 0 Å². The van der Waals surface area contributed by atoms with Crippen molar-refractivity contribution in [2.45, 2.75) is 33.0 Å². The summed E-state index contributed by atoms with van der Waals surface area (Å²) in [4.78, 5) is 23.3. The quantitative estimate of drug-likeness (QED) is 0.431. The van der Waals surface area contributed by atoms with Gasteiger partial charge in [0.25, 0.3) is 0 Å². The van der Waals surface area contributed by atoms with Crippen LogP contribution >= 0.6 is 0 Å². The van der Waals surface area contributed by atoms with E-state index in [0.29, 0.717) is 6.42 Å². The lowest BCUT2D eigenvalue weighted by Crippen LogP contribution is -2.38. The molecular formula is C12H22O4Si. The Labute approximate surface area is 104 Å². The second kappa shape index (κ2) is 6.00. The first kappa shape index (κ1) is 15.9. The van der Waals surface area contributed by atoms with Crippen molar-refractivity contribution in [3.05, 3.63) is 11.8 Å². The van der Waals surface area contributed by atoms with E-state index in [9.17, 15) is 9.59 Å². The standard InChI is InChI=1S/C12H22O4Si/c1-12(10(13)15-2,11(14)16-3)8-7-9-17(4,5)6/h7,9H,8H2,1-6H3/b9-7+. The van der Waals surface area contributed by atoms with E-state index in [2.05, 4.69) is 34.8 Å². The summed E-state index contributed by atoms with van der Waals surface area (Å²) < 4.78 is 9.32. The third-order valence-electron chi connectivity index (χ3n) is 2.42. The fourth-order valence-electron chi connectivity index (χ4n) is 1.35. The molecule has 0 atom stereocenters. The lowest BCUT2D eigenvalue weighted by atomic mass is 9.87. The van der Waals surface area contributed by atoms with E-state index in [-0.39, 0.29) is 0 Å². The molecule has 0 spiro atoms. The Morgan fingerprint density at radius 2 is 1.53 bits per heavy atom. The van der Waals surface area contributed by atoms with Crippen LogP contribution in [0.3, 0.4) is 0 Å². The Hall–Kier alpha value is -1.10. The second-order valence-corrected chi connectivity index (χ2v) is 10.4. The van der Waals surface area contributed by atoms with Gasteiger partial charge in [-0.15, -0.1) is 0 Å². The van der Waals surface area contributed by atoms with Crippen LogP contribution in [0.25, 0.3) is 0 Å². The van der Waals surface area contributed by atoms with Gasteiger partial charge in [-0.05, 0) is 13.3 Å². The first-order valence-electron chi connectivity index (χ1n) is 5.52. The monoisotopic (exact) mass is 258 g/mol. The molecule has 0 heterocycles. The summed E-state index contributed by atoms with van der Waals surface area (Å²) in [6.45, 7) is 8.07. The molecule has 0 aromatic rings. The number of hydrogen-bond donors (Lipinski definition) is 0. The minimum absolute atomic E-state index is 0.302. The maximum Gasteiger partial charge on any atom is 0.323 e. The van der Waals surface area contributed by atoms with Crippen molar-refractivity contribution in [2.24, 2.45) is 5.41 Å². The van der Waals surface area contributed by atoms with Gasteiger partial charge >= 0.3 is 11.9 Å². The van der Waals surface area contributed by atoms with Crippen LogP contribution in [-0.4, -0.2) is 34.2 Å². The topological polar surface area (TPSA) is 52.6 Å². The zero-order valence-electron chi connectivity index (χ0n) is 11.5. The summed E-state index contributed by atoms with van der Waals surface area (Å²) in [6, 6.07) is 0. The average Bonchev–Trinajstić information content (AvgIpc) is 2.24. The van der Waals surface area contributed by atoms with Crippen molar-refractivity contribution in [1.29, 1.82) is 0 Å². The maximum atomic E-state index is 11.6. The van der Waals surface area contributed by atoms with E-state index in [4.69, 9.17) is 0 Å². The third kappa shape index (κ3) is 4.73. The van der Waals surface area contributed by atoms with Crippen molar-refractivity contribution in [3.63, 3.8) is 0 Å². The molecule has 0 saturated carbocycles. The summed E-state index contributed by atoms with van der Waals surface area (Å²) in [6.07, 6.45) is 2.18. The van der Waals surface area contributed by atoms with Crippen molar-refractivity contribution in [1.82, 2.24) is 0 Å². The second-order valence-electron chi connectivity index (χ2n) is 5.29. The minimum atomic E-state index is -1.33. The van der Waals surface area contributed by atoms with Gasteiger partial charge in [0.2, 0.25) is 0 Å². The number of allylic oxidation sites excluding steroid dienone is 1. The van der Waals surface area contributed by atoms with Gasteiger partial charge < -0.3 is 9.47 Å². The van der Waals surface area contributed by atoms with Crippen molar-refractivity contribution in [3.8, 4) is 0 Å². The SMILES string of the molecule is COC(=O)C(C)(C/C=C/[Si](C)(C)C)C(=O)OC. The number of methoxy groups -OCH3 is 2. The van der Waals surface area contributed by atoms with Gasteiger partial charge in [0.1, 0.15) is 0 Å². The molecule has 0 aliphatic rings. The van der Waals surface area contributed by atoms with Crippen LogP contribution in [0.15, 0.2) is 11.8 Å². The summed E-state index contributed by atoms with van der Waals surface area (Å²) in [5, 5.41) is 0. The average molecular weight is 258 g/mol. The molecule has 0 aliphatic heterocycles. The number of carbonyl (C=O) groups excluding carboxylic acids is 2. The molecule has 0 radical (unpaired) electrons. The van der Waals surface area contributed by atoms with Crippen LogP contribution in [0.1, 0.15) is 13.3 Å². The molecule has 0 bridgehead atoms. The molecule has 0 aliphatic carbocycles. The maximum absolute atomic E-state index is 11.6. The molecule has 98 valence electrons. The van der Waals surface area contributed by atoms with Gasteiger partial charge in [0.15, 0.2) is 5.41 Å². The largest absolute Gasteiger partial charge is 0.468 e. The number of esters is 2. The van der Waals surface area contributed by atoms with Crippen molar-refractivity contribution >= 4 is 20.0 Å². The van der Waals surface area contributed by atoms with Crippen LogP contribution < -0.4 is 0 Å². The summed E-state index contributed by atoms with van der Waals surface area (Å²) in [5.74, 6) is -1.13. The number of rotatable bonds is 5. The van der Waals surface area contributed by atoms with Gasteiger partial charge in [0.05, 0.1) is 22.3 Å². The fourth-order valence-corrected chi connectivity index (χ4v) is 2.17. The number of hydrogen-bond acceptors (Lipinski definition) is 4. The molecule has 0 rings (SSSR count). The Morgan fingerprint density at radius 1 is 1.12 bits per heavy atom. The molecular weight excluding hydrogens is 236 g/mol. The molecule has 0 fully saturated rings.